The van der Waals surface area contributed by atoms with E-state index >= 15 is 0 Å². The van der Waals surface area contributed by atoms with E-state index in [9.17, 15) is 8.78 Å². The van der Waals surface area contributed by atoms with Crippen LogP contribution in [0.15, 0.2) is 104 Å². The molecular weight excluding hydrogens is 546 g/mol. The van der Waals surface area contributed by atoms with Gasteiger partial charge in [-0.2, -0.15) is 0 Å². The van der Waals surface area contributed by atoms with Crippen molar-refractivity contribution in [1.29, 1.82) is 0 Å². The van der Waals surface area contributed by atoms with E-state index < -0.39 is 21.1 Å². The summed E-state index contributed by atoms with van der Waals surface area (Å²) in [6, 6.07) is 29.0. The van der Waals surface area contributed by atoms with Gasteiger partial charge in [0.05, 0.1) is 0 Å². The minimum atomic E-state index is -4.68. The van der Waals surface area contributed by atoms with Crippen LogP contribution in [0.3, 0.4) is 0 Å². The molecule has 2 unspecified atom stereocenters. The average Bonchev–Trinajstić information content (AvgIpc) is 3.42. The van der Waals surface area contributed by atoms with Crippen LogP contribution in [-0.4, -0.2) is 0 Å². The number of halogens is 2. The summed E-state index contributed by atoms with van der Waals surface area (Å²) in [6.07, 6.45) is 4.37. The first-order valence-corrected chi connectivity index (χ1v) is 16.9. The Morgan fingerprint density at radius 3 is 1.41 bits per heavy atom. The third-order valence-corrected chi connectivity index (χ3v) is 16.5. The molecule has 0 aromatic heterocycles. The Balaban J connectivity index is 1.60. The molecule has 5 heteroatoms. The van der Waals surface area contributed by atoms with E-state index in [4.69, 9.17) is 5.63 Å². The van der Waals surface area contributed by atoms with Gasteiger partial charge in [-0.1, -0.05) is 0 Å². The third-order valence-electron chi connectivity index (χ3n) is 7.36. The molecule has 4 aromatic carbocycles. The van der Waals surface area contributed by atoms with E-state index in [0.29, 0.717) is 11.5 Å². The van der Waals surface area contributed by atoms with Crippen molar-refractivity contribution in [3.8, 4) is 11.5 Å². The normalized spacial score (nSPS) is 18.1. The number of rotatable bonds is 6. The van der Waals surface area contributed by atoms with Crippen molar-refractivity contribution in [2.24, 2.45) is 0 Å². The Kier molecular flexibility index (Phi) is 6.20. The van der Waals surface area contributed by atoms with E-state index in [1.54, 1.807) is 24.3 Å². The van der Waals surface area contributed by atoms with Gasteiger partial charge in [0.1, 0.15) is 0 Å². The van der Waals surface area contributed by atoms with Crippen molar-refractivity contribution in [2.75, 3.05) is 0 Å². The first-order valence-electron chi connectivity index (χ1n) is 12.5. The molecule has 6 rings (SSSR count). The number of allylic oxidation sites excluding steroid dienone is 2. The third kappa shape index (κ3) is 4.30. The standard InChI is InChI=1S/2C10H9.2C6H5FO.Zr/c2*1-8-6-7-9-4-2-3-5-10(8)9;2*7-5-2-1-3-6(8)4-5;/h2*2-5,7-8H,1H3;2*1-4,8H;/q;;;;+2/p-2. The predicted octanol–water partition coefficient (Wildman–Crippen LogP) is 8.72. The van der Waals surface area contributed by atoms with Gasteiger partial charge in [0.15, 0.2) is 0 Å². The second-order valence-corrected chi connectivity index (χ2v) is 16.5. The zero-order valence-electron chi connectivity index (χ0n) is 20.6. The fourth-order valence-electron chi connectivity index (χ4n) is 5.57. The molecule has 0 amide bonds. The van der Waals surface area contributed by atoms with E-state index in [-0.39, 0.29) is 23.5 Å². The maximum atomic E-state index is 14.4. The van der Waals surface area contributed by atoms with E-state index in [1.807, 2.05) is 24.3 Å². The second-order valence-electron chi connectivity index (χ2n) is 9.64. The molecule has 0 bridgehead atoms. The van der Waals surface area contributed by atoms with Crippen molar-refractivity contribution in [3.05, 3.63) is 138 Å². The topological polar surface area (TPSA) is 18.5 Å². The Morgan fingerprint density at radius 2 is 1.00 bits per heavy atom. The van der Waals surface area contributed by atoms with Crippen LogP contribution in [0.1, 0.15) is 47.9 Å². The van der Waals surface area contributed by atoms with Gasteiger partial charge in [-0.15, -0.1) is 0 Å². The van der Waals surface area contributed by atoms with Crippen LogP contribution in [-0.2, 0) is 21.1 Å². The first-order chi connectivity index (χ1) is 17.9. The first kappa shape index (κ1) is 24.1. The summed E-state index contributed by atoms with van der Waals surface area (Å²) in [6.45, 7) is 4.33. The average molecular weight is 572 g/mol. The summed E-state index contributed by atoms with van der Waals surface area (Å²) in [5.41, 5.74) is 4.65. The van der Waals surface area contributed by atoms with Gasteiger partial charge in [0, 0.05) is 0 Å². The fourth-order valence-corrected chi connectivity index (χ4v) is 15.2. The number of benzene rings is 4. The van der Waals surface area contributed by atoms with Crippen LogP contribution < -0.4 is 5.63 Å². The van der Waals surface area contributed by atoms with Gasteiger partial charge in [0.2, 0.25) is 0 Å². The Labute approximate surface area is 221 Å². The summed E-state index contributed by atoms with van der Waals surface area (Å²) in [7, 11) is 0. The molecular formula is C32H26F2O2Zr. The molecule has 0 radical (unpaired) electrons. The number of hydrogen-bond acceptors (Lipinski definition) is 2. The quantitative estimate of drug-likeness (QED) is 0.230. The molecule has 4 aromatic rings. The molecule has 37 heavy (non-hydrogen) atoms. The molecule has 0 fully saturated rings. The summed E-state index contributed by atoms with van der Waals surface area (Å²) in [4.78, 5) is 0. The van der Waals surface area contributed by atoms with Gasteiger partial charge < -0.3 is 0 Å². The van der Waals surface area contributed by atoms with Gasteiger partial charge in [-0.25, -0.2) is 0 Å². The molecule has 0 spiro atoms. The van der Waals surface area contributed by atoms with E-state index in [2.05, 4.69) is 50.3 Å². The van der Waals surface area contributed by atoms with Crippen molar-refractivity contribution in [2.45, 2.75) is 25.7 Å². The van der Waals surface area contributed by atoms with Crippen LogP contribution >= 0.6 is 0 Å². The predicted molar refractivity (Wildman–Crippen MR) is 140 cm³/mol. The summed E-state index contributed by atoms with van der Waals surface area (Å²) < 4.78 is 44.9. The van der Waals surface area contributed by atoms with Crippen molar-refractivity contribution < 1.29 is 35.6 Å². The van der Waals surface area contributed by atoms with E-state index in [1.165, 1.54) is 35.4 Å². The van der Waals surface area contributed by atoms with Crippen molar-refractivity contribution in [1.82, 2.24) is 0 Å². The molecule has 2 nitrogen and oxygen atoms in total. The Morgan fingerprint density at radius 1 is 0.568 bits per heavy atom. The minimum absolute atomic E-state index is 0.0333. The Hall–Kier alpha value is -3.30. The van der Waals surface area contributed by atoms with Crippen LogP contribution in [0.4, 0.5) is 8.78 Å². The molecule has 0 saturated heterocycles. The molecule has 0 saturated carbocycles. The SMILES string of the molecule is CC1[C]([Zr]([O]c2cccc(F)c2)([O]c2cccc(F)c2)[C]2=Cc3ccccc3C2C)=Cc2ccccc21. The van der Waals surface area contributed by atoms with Gasteiger partial charge >= 0.3 is 222 Å². The summed E-state index contributed by atoms with van der Waals surface area (Å²) >= 11 is -4.68. The van der Waals surface area contributed by atoms with E-state index in [0.717, 1.165) is 17.7 Å². The molecule has 184 valence electrons. The van der Waals surface area contributed by atoms with Crippen LogP contribution in [0.5, 0.6) is 11.5 Å². The van der Waals surface area contributed by atoms with Crippen LogP contribution in [0.25, 0.3) is 12.2 Å². The molecule has 2 aliphatic carbocycles. The van der Waals surface area contributed by atoms with Crippen molar-refractivity contribution in [3.63, 3.8) is 0 Å². The second kappa shape index (κ2) is 9.54. The fraction of sp³-hybridized carbons (Fsp3) is 0.125. The van der Waals surface area contributed by atoms with Gasteiger partial charge in [-0.05, 0) is 0 Å². The molecule has 2 atom stereocenters. The van der Waals surface area contributed by atoms with Gasteiger partial charge in [0.25, 0.3) is 0 Å². The monoisotopic (exact) mass is 570 g/mol. The van der Waals surface area contributed by atoms with Crippen molar-refractivity contribution >= 4 is 12.2 Å². The van der Waals surface area contributed by atoms with Crippen LogP contribution in [0.2, 0.25) is 0 Å². The van der Waals surface area contributed by atoms with Crippen LogP contribution in [0, 0.1) is 11.6 Å². The van der Waals surface area contributed by atoms with Gasteiger partial charge in [-0.3, -0.25) is 0 Å². The molecule has 0 heterocycles. The number of fused-ring (bicyclic) bond motifs is 2. The summed E-state index contributed by atoms with van der Waals surface area (Å²) in [5.74, 6) is 0.145. The zero-order chi connectivity index (χ0) is 25.6. The zero-order valence-corrected chi connectivity index (χ0v) is 23.1. The molecule has 2 aliphatic rings. The number of hydrogen-bond donors (Lipinski definition) is 0. The Bertz CT molecular complexity index is 1440. The summed E-state index contributed by atoms with van der Waals surface area (Å²) in [5, 5.41) is 0. The maximum absolute atomic E-state index is 14.4. The molecule has 0 aliphatic heterocycles. The molecule has 0 N–H and O–H groups in total.